The summed E-state index contributed by atoms with van der Waals surface area (Å²) in [6.45, 7) is 6.45. The van der Waals surface area contributed by atoms with Gasteiger partial charge in [0.15, 0.2) is 6.10 Å². The topological polar surface area (TPSA) is 78.9 Å². The van der Waals surface area contributed by atoms with Gasteiger partial charge in [0.05, 0.1) is 0 Å². The zero-order valence-corrected chi connectivity index (χ0v) is 40.6. The highest BCUT2D eigenvalue weighted by molar-refractivity contribution is 5.71. The maximum atomic E-state index is 12.8. The molecule has 0 fully saturated rings. The first-order valence-corrected chi connectivity index (χ1v) is 26.0. The number of allylic oxidation sites excluding steroid dienone is 12. The highest BCUT2D eigenvalue weighted by atomic mass is 16.6. The van der Waals surface area contributed by atoms with Crippen LogP contribution in [0.5, 0.6) is 0 Å². The molecular weight excluding hydrogens is 769 g/mol. The van der Waals surface area contributed by atoms with E-state index < -0.39 is 6.10 Å². The number of carbonyl (C=O) groups excluding carboxylic acids is 3. The summed E-state index contributed by atoms with van der Waals surface area (Å²) in [5, 5.41) is 0. The number of hydrogen-bond donors (Lipinski definition) is 0. The Balaban J connectivity index is 4.46. The van der Waals surface area contributed by atoms with Gasteiger partial charge in [0.25, 0.3) is 0 Å². The first-order valence-electron chi connectivity index (χ1n) is 26.0. The van der Waals surface area contributed by atoms with Crippen LogP contribution in [0.4, 0.5) is 0 Å². The highest BCUT2D eigenvalue weighted by Gasteiger charge is 2.19. The summed E-state index contributed by atoms with van der Waals surface area (Å²) in [6, 6.07) is 0. The van der Waals surface area contributed by atoms with Gasteiger partial charge in [-0.05, 0) is 64.2 Å². The van der Waals surface area contributed by atoms with Crippen molar-refractivity contribution in [2.24, 2.45) is 0 Å². The van der Waals surface area contributed by atoms with E-state index in [1.807, 2.05) is 48.6 Å². The van der Waals surface area contributed by atoms with Gasteiger partial charge in [-0.3, -0.25) is 14.4 Å². The average molecular weight is 865 g/mol. The Kier molecular flexibility index (Phi) is 47.9. The van der Waals surface area contributed by atoms with Crippen LogP contribution in [-0.2, 0) is 28.6 Å². The molecule has 1 unspecified atom stereocenters. The largest absolute Gasteiger partial charge is 0.462 e. The van der Waals surface area contributed by atoms with E-state index in [0.29, 0.717) is 19.3 Å². The van der Waals surface area contributed by atoms with Crippen molar-refractivity contribution in [3.8, 4) is 0 Å². The Morgan fingerprint density at radius 1 is 0.339 bits per heavy atom. The monoisotopic (exact) mass is 865 g/mol. The van der Waals surface area contributed by atoms with Crippen molar-refractivity contribution in [3.63, 3.8) is 0 Å². The van der Waals surface area contributed by atoms with E-state index in [9.17, 15) is 14.4 Å². The summed E-state index contributed by atoms with van der Waals surface area (Å²) in [5.41, 5.74) is 0. The Morgan fingerprint density at radius 2 is 0.645 bits per heavy atom. The normalized spacial score (nSPS) is 12.6. The van der Waals surface area contributed by atoms with Crippen LogP contribution in [0, 0.1) is 0 Å². The van der Waals surface area contributed by atoms with Gasteiger partial charge < -0.3 is 14.2 Å². The SMILES string of the molecule is CC\C=C/C=C\C=C/C=C\C=C/CCCCCC(=O)OC(COC(=O)CCCCCCC/C=C\CCCCCCCCC)COC(=O)CCCCCCCCCCCCCCC. The van der Waals surface area contributed by atoms with Crippen molar-refractivity contribution < 1.29 is 28.6 Å². The van der Waals surface area contributed by atoms with E-state index in [4.69, 9.17) is 14.2 Å². The van der Waals surface area contributed by atoms with Crippen LogP contribution in [0.3, 0.4) is 0 Å². The maximum absolute atomic E-state index is 12.8. The summed E-state index contributed by atoms with van der Waals surface area (Å²) in [5.74, 6) is -0.941. The molecule has 0 rings (SSSR count). The van der Waals surface area contributed by atoms with Gasteiger partial charge in [-0.25, -0.2) is 0 Å². The second-order valence-corrected chi connectivity index (χ2v) is 17.2. The molecule has 0 radical (unpaired) electrons. The van der Waals surface area contributed by atoms with Gasteiger partial charge in [-0.1, -0.05) is 235 Å². The minimum absolute atomic E-state index is 0.0938. The summed E-state index contributed by atoms with van der Waals surface area (Å²) in [7, 11) is 0. The fraction of sp³-hybridized carbons (Fsp3) is 0.732. The van der Waals surface area contributed by atoms with Crippen molar-refractivity contribution >= 4 is 17.9 Å². The van der Waals surface area contributed by atoms with Gasteiger partial charge in [0, 0.05) is 19.3 Å². The third-order valence-corrected chi connectivity index (χ3v) is 11.1. The van der Waals surface area contributed by atoms with Crippen molar-refractivity contribution in [2.45, 2.75) is 252 Å². The molecule has 0 spiro atoms. The Morgan fingerprint density at radius 3 is 1.05 bits per heavy atom. The van der Waals surface area contributed by atoms with Crippen LogP contribution in [-0.4, -0.2) is 37.2 Å². The summed E-state index contributed by atoms with van der Waals surface area (Å²) >= 11 is 0. The quantitative estimate of drug-likeness (QED) is 0.0199. The molecule has 0 aliphatic carbocycles. The summed E-state index contributed by atoms with van der Waals surface area (Å²) in [6.07, 6.45) is 63.1. The first-order chi connectivity index (χ1) is 30.5. The minimum atomic E-state index is -0.798. The Bertz CT molecular complexity index is 1180. The number of hydrogen-bond acceptors (Lipinski definition) is 6. The van der Waals surface area contributed by atoms with E-state index in [-0.39, 0.29) is 37.5 Å². The van der Waals surface area contributed by atoms with E-state index in [0.717, 1.165) is 70.6 Å². The maximum Gasteiger partial charge on any atom is 0.306 e. The third kappa shape index (κ3) is 47.9. The van der Waals surface area contributed by atoms with Gasteiger partial charge in [-0.2, -0.15) is 0 Å². The molecule has 1 atom stereocenters. The van der Waals surface area contributed by atoms with E-state index in [2.05, 4.69) is 45.1 Å². The first kappa shape index (κ1) is 58.9. The summed E-state index contributed by atoms with van der Waals surface area (Å²) in [4.78, 5) is 38.0. The van der Waals surface area contributed by atoms with Crippen molar-refractivity contribution in [2.75, 3.05) is 13.2 Å². The van der Waals surface area contributed by atoms with E-state index in [1.54, 1.807) is 0 Å². The molecule has 0 heterocycles. The molecule has 0 N–H and O–H groups in total. The molecule has 0 saturated carbocycles. The third-order valence-electron chi connectivity index (χ3n) is 11.1. The average Bonchev–Trinajstić information content (AvgIpc) is 3.27. The molecule has 0 aliphatic heterocycles. The predicted octanol–water partition coefficient (Wildman–Crippen LogP) is 17.0. The van der Waals surface area contributed by atoms with Gasteiger partial charge in [0.2, 0.25) is 0 Å². The molecule has 0 bridgehead atoms. The van der Waals surface area contributed by atoms with Crippen LogP contribution >= 0.6 is 0 Å². The van der Waals surface area contributed by atoms with E-state index in [1.165, 1.54) is 128 Å². The zero-order valence-electron chi connectivity index (χ0n) is 40.6. The number of esters is 3. The van der Waals surface area contributed by atoms with Crippen molar-refractivity contribution in [1.82, 2.24) is 0 Å². The lowest BCUT2D eigenvalue weighted by Gasteiger charge is -2.18. The Labute approximate surface area is 382 Å². The van der Waals surface area contributed by atoms with Crippen LogP contribution in [0.25, 0.3) is 0 Å². The molecule has 6 heteroatoms. The Hall–Kier alpha value is -3.15. The smallest absolute Gasteiger partial charge is 0.306 e. The second-order valence-electron chi connectivity index (χ2n) is 17.2. The molecule has 0 aromatic heterocycles. The molecular formula is C56H96O6. The lowest BCUT2D eigenvalue weighted by molar-refractivity contribution is -0.167. The van der Waals surface area contributed by atoms with Crippen molar-refractivity contribution in [1.29, 1.82) is 0 Å². The second kappa shape index (κ2) is 50.5. The molecule has 0 saturated heterocycles. The van der Waals surface area contributed by atoms with Crippen LogP contribution in [0.1, 0.15) is 245 Å². The minimum Gasteiger partial charge on any atom is -0.462 e. The lowest BCUT2D eigenvalue weighted by Crippen LogP contribution is -2.30. The fourth-order valence-electron chi connectivity index (χ4n) is 7.16. The summed E-state index contributed by atoms with van der Waals surface area (Å²) < 4.78 is 16.8. The molecule has 0 aromatic rings. The van der Waals surface area contributed by atoms with Gasteiger partial charge in [0.1, 0.15) is 13.2 Å². The number of carbonyl (C=O) groups is 3. The predicted molar refractivity (Wildman–Crippen MR) is 265 cm³/mol. The van der Waals surface area contributed by atoms with Crippen LogP contribution in [0.15, 0.2) is 72.9 Å². The number of unbranched alkanes of at least 4 members (excludes halogenated alkanes) is 27. The standard InChI is InChI=1S/C56H96O6/c1-4-7-10-13-16-19-22-25-27-29-31-34-37-40-43-46-49-55(58)61-52-53(51-60-54(57)48-45-42-39-36-33-30-24-21-18-15-12-9-6-3)62-56(59)50-47-44-41-38-35-32-28-26-23-20-17-14-11-8-5-2/h8,11,14,17,20,23,26-29,32,35,53H,4-7,9-10,12-13,15-16,18-19,21-22,24-25,30-31,33-34,36-52H2,1-3H3/b11-8-,17-14-,23-20-,28-26-,29-27-,35-32-. The van der Waals surface area contributed by atoms with Gasteiger partial charge >= 0.3 is 17.9 Å². The number of rotatable bonds is 46. The number of ether oxygens (including phenoxy) is 3. The molecule has 0 aliphatic rings. The van der Waals surface area contributed by atoms with Crippen LogP contribution in [0.2, 0.25) is 0 Å². The van der Waals surface area contributed by atoms with Crippen molar-refractivity contribution in [3.05, 3.63) is 72.9 Å². The molecule has 0 aromatic carbocycles. The van der Waals surface area contributed by atoms with E-state index >= 15 is 0 Å². The molecule has 356 valence electrons. The molecule has 62 heavy (non-hydrogen) atoms. The fourth-order valence-corrected chi connectivity index (χ4v) is 7.16. The molecule has 6 nitrogen and oxygen atoms in total. The zero-order chi connectivity index (χ0) is 45.1. The van der Waals surface area contributed by atoms with Crippen LogP contribution < -0.4 is 0 Å². The lowest BCUT2D eigenvalue weighted by atomic mass is 10.0. The molecule has 0 amide bonds. The highest BCUT2D eigenvalue weighted by Crippen LogP contribution is 2.15. The van der Waals surface area contributed by atoms with Gasteiger partial charge in [-0.15, -0.1) is 0 Å².